The van der Waals surface area contributed by atoms with E-state index in [1.807, 2.05) is 25.1 Å². The number of aryl methyl sites for hydroxylation is 1. The smallest absolute Gasteiger partial charge is 0.306 e. The summed E-state index contributed by atoms with van der Waals surface area (Å²) < 4.78 is 11.1. The van der Waals surface area contributed by atoms with E-state index in [4.69, 9.17) is 20.4 Å². The molecule has 11 heteroatoms. The largest absolute Gasteiger partial charge is 0.488 e. The van der Waals surface area contributed by atoms with Crippen molar-refractivity contribution in [2.75, 3.05) is 23.8 Å². The molecular weight excluding hydrogens is 540 g/mol. The Labute approximate surface area is 245 Å². The van der Waals surface area contributed by atoms with Crippen LogP contribution in [0.1, 0.15) is 58.4 Å². The van der Waals surface area contributed by atoms with E-state index in [0.717, 1.165) is 16.7 Å². The van der Waals surface area contributed by atoms with Gasteiger partial charge in [0.05, 0.1) is 25.4 Å². The Morgan fingerprint density at radius 3 is 2.45 bits per heavy atom. The summed E-state index contributed by atoms with van der Waals surface area (Å²) in [6.45, 7) is 5.44. The normalized spacial score (nSPS) is 12.0. The minimum Gasteiger partial charge on any atom is -0.488 e. The molecule has 0 saturated heterocycles. The predicted octanol–water partition coefficient (Wildman–Crippen LogP) is 3.70. The van der Waals surface area contributed by atoms with Crippen molar-refractivity contribution in [3.63, 3.8) is 0 Å². The number of anilines is 2. The van der Waals surface area contributed by atoms with Crippen LogP contribution < -0.4 is 21.1 Å². The standard InChI is InChI=1S/C31H38N4O7/c1-4-41-29(38)12-10-25-23(14-21(18-37)15-28(25)42-20(3)17-36)16-33-27-11-5-19(2)13-26(27)31(39)34-24-8-6-22(7-9-24)30(32)35-40/h5-9,11,13-15,20,33,36-37,40H,4,10,12,16-18H2,1-3H3,(H2,32,35)(H,34,39). The molecule has 224 valence electrons. The monoisotopic (exact) mass is 578 g/mol. The highest BCUT2D eigenvalue weighted by Crippen LogP contribution is 2.30. The Morgan fingerprint density at radius 2 is 1.81 bits per heavy atom. The molecular formula is C31H38N4O7. The fourth-order valence-electron chi connectivity index (χ4n) is 4.29. The van der Waals surface area contributed by atoms with Crippen molar-refractivity contribution >= 4 is 29.1 Å². The molecule has 0 aliphatic rings. The van der Waals surface area contributed by atoms with E-state index < -0.39 is 6.10 Å². The third kappa shape index (κ3) is 8.69. The van der Waals surface area contributed by atoms with Gasteiger partial charge in [0.25, 0.3) is 5.91 Å². The molecule has 1 unspecified atom stereocenters. The number of carbonyl (C=O) groups is 2. The number of carbonyl (C=O) groups excluding carboxylic acids is 2. The molecule has 0 bridgehead atoms. The molecule has 3 aromatic carbocycles. The van der Waals surface area contributed by atoms with Gasteiger partial charge in [-0.2, -0.15) is 0 Å². The second-order valence-electron chi connectivity index (χ2n) is 9.73. The van der Waals surface area contributed by atoms with E-state index >= 15 is 0 Å². The van der Waals surface area contributed by atoms with Gasteiger partial charge in [-0.3, -0.25) is 9.59 Å². The van der Waals surface area contributed by atoms with Crippen LogP contribution in [0.3, 0.4) is 0 Å². The predicted molar refractivity (Wildman–Crippen MR) is 160 cm³/mol. The van der Waals surface area contributed by atoms with Crippen molar-refractivity contribution in [1.82, 2.24) is 0 Å². The quantitative estimate of drug-likeness (QED) is 0.0547. The third-order valence-corrected chi connectivity index (χ3v) is 6.45. The van der Waals surface area contributed by atoms with Crippen molar-refractivity contribution in [1.29, 1.82) is 0 Å². The Balaban J connectivity index is 1.90. The zero-order valence-corrected chi connectivity index (χ0v) is 24.0. The molecule has 0 heterocycles. The Bertz CT molecular complexity index is 1410. The summed E-state index contributed by atoms with van der Waals surface area (Å²) >= 11 is 0. The highest BCUT2D eigenvalue weighted by Gasteiger charge is 2.18. The van der Waals surface area contributed by atoms with Gasteiger partial charge >= 0.3 is 5.97 Å². The van der Waals surface area contributed by atoms with E-state index in [9.17, 15) is 19.8 Å². The number of aliphatic hydroxyl groups is 2. The summed E-state index contributed by atoms with van der Waals surface area (Å²) in [6.07, 6.45) is -0.0665. The van der Waals surface area contributed by atoms with Crippen LogP contribution in [-0.2, 0) is 29.1 Å². The van der Waals surface area contributed by atoms with E-state index in [1.165, 1.54) is 0 Å². The van der Waals surface area contributed by atoms with Gasteiger partial charge in [0.2, 0.25) is 0 Å². The number of nitrogens with one attached hydrogen (secondary N) is 2. The summed E-state index contributed by atoms with van der Waals surface area (Å²) in [5, 5.41) is 37.5. The molecule has 3 aromatic rings. The lowest BCUT2D eigenvalue weighted by Crippen LogP contribution is -2.19. The first-order chi connectivity index (χ1) is 20.2. The molecule has 7 N–H and O–H groups in total. The topological polar surface area (TPSA) is 176 Å². The molecule has 0 saturated carbocycles. The lowest BCUT2D eigenvalue weighted by atomic mass is 9.98. The van der Waals surface area contributed by atoms with E-state index in [-0.39, 0.29) is 50.5 Å². The van der Waals surface area contributed by atoms with Crippen LogP contribution in [0.2, 0.25) is 0 Å². The molecule has 1 amide bonds. The van der Waals surface area contributed by atoms with Crippen LogP contribution in [0.25, 0.3) is 0 Å². The average Bonchev–Trinajstić information content (AvgIpc) is 2.99. The maximum absolute atomic E-state index is 13.3. The highest BCUT2D eigenvalue weighted by atomic mass is 16.5. The molecule has 42 heavy (non-hydrogen) atoms. The average molecular weight is 579 g/mol. The van der Waals surface area contributed by atoms with Gasteiger partial charge in [-0.1, -0.05) is 22.9 Å². The van der Waals surface area contributed by atoms with Gasteiger partial charge in [-0.15, -0.1) is 0 Å². The van der Waals surface area contributed by atoms with Crippen LogP contribution in [0.5, 0.6) is 5.75 Å². The first kappa shape index (κ1) is 31.9. The van der Waals surface area contributed by atoms with Gasteiger partial charge < -0.3 is 41.3 Å². The third-order valence-electron chi connectivity index (χ3n) is 6.45. The van der Waals surface area contributed by atoms with Gasteiger partial charge in [0, 0.05) is 29.9 Å². The van der Waals surface area contributed by atoms with Crippen molar-refractivity contribution in [3.8, 4) is 5.75 Å². The first-order valence-electron chi connectivity index (χ1n) is 13.6. The van der Waals surface area contributed by atoms with E-state index in [1.54, 1.807) is 50.2 Å². The van der Waals surface area contributed by atoms with Gasteiger partial charge in [0.15, 0.2) is 5.84 Å². The lowest BCUT2D eigenvalue weighted by Gasteiger charge is -2.21. The summed E-state index contributed by atoms with van der Waals surface area (Å²) in [7, 11) is 0. The minimum atomic E-state index is -0.505. The number of nitrogens with two attached hydrogens (primary N) is 1. The van der Waals surface area contributed by atoms with Crippen LogP contribution >= 0.6 is 0 Å². The fourth-order valence-corrected chi connectivity index (χ4v) is 4.29. The number of benzene rings is 3. The fraction of sp³-hybridized carbons (Fsp3) is 0.323. The van der Waals surface area contributed by atoms with Crippen LogP contribution in [0.4, 0.5) is 11.4 Å². The van der Waals surface area contributed by atoms with Gasteiger partial charge in [-0.25, -0.2) is 0 Å². The van der Waals surface area contributed by atoms with E-state index in [0.29, 0.717) is 40.2 Å². The maximum atomic E-state index is 13.3. The number of hydrogen-bond donors (Lipinski definition) is 6. The number of aliphatic hydroxyl groups excluding tert-OH is 2. The lowest BCUT2D eigenvalue weighted by molar-refractivity contribution is -0.143. The number of amides is 1. The first-order valence-corrected chi connectivity index (χ1v) is 13.6. The molecule has 0 spiro atoms. The molecule has 0 aliphatic carbocycles. The molecule has 3 rings (SSSR count). The number of ether oxygens (including phenoxy) is 2. The summed E-state index contributed by atoms with van der Waals surface area (Å²) in [6, 6.07) is 15.5. The van der Waals surface area contributed by atoms with E-state index in [2.05, 4.69) is 15.8 Å². The number of oxime groups is 1. The van der Waals surface area contributed by atoms with Crippen molar-refractivity contribution < 1.29 is 34.5 Å². The van der Waals surface area contributed by atoms with Crippen molar-refractivity contribution in [2.24, 2.45) is 10.9 Å². The Morgan fingerprint density at radius 1 is 1.07 bits per heavy atom. The Hall–Kier alpha value is -4.61. The second-order valence-corrected chi connectivity index (χ2v) is 9.73. The number of amidine groups is 1. The van der Waals surface area contributed by atoms with Crippen LogP contribution in [-0.4, -0.2) is 52.5 Å². The Kier molecular flexibility index (Phi) is 11.7. The number of nitrogens with zero attached hydrogens (tertiary/aromatic N) is 1. The van der Waals surface area contributed by atoms with Crippen LogP contribution in [0.15, 0.2) is 59.8 Å². The SMILES string of the molecule is CCOC(=O)CCc1c(CNc2ccc(C)cc2C(=O)Nc2ccc(/C(N)=N/O)cc2)cc(CO)cc1OC(C)CO. The minimum absolute atomic E-state index is 0.0377. The molecule has 0 radical (unpaired) electrons. The van der Waals surface area contributed by atoms with Gasteiger partial charge in [-0.05, 0) is 86.3 Å². The second kappa shape index (κ2) is 15.4. The molecule has 1 atom stereocenters. The number of rotatable bonds is 14. The van der Waals surface area contributed by atoms with Gasteiger partial charge in [0.1, 0.15) is 11.9 Å². The highest BCUT2D eigenvalue weighted by molar-refractivity contribution is 6.08. The maximum Gasteiger partial charge on any atom is 0.306 e. The zero-order valence-electron chi connectivity index (χ0n) is 24.0. The summed E-state index contributed by atoms with van der Waals surface area (Å²) in [5.74, 6) is -0.267. The number of esters is 1. The van der Waals surface area contributed by atoms with Crippen molar-refractivity contribution in [3.05, 3.63) is 88.0 Å². The molecule has 11 nitrogen and oxygen atoms in total. The number of hydrogen-bond acceptors (Lipinski definition) is 9. The van der Waals surface area contributed by atoms with Crippen molar-refractivity contribution in [2.45, 2.75) is 52.9 Å². The van der Waals surface area contributed by atoms with Crippen LogP contribution in [0, 0.1) is 6.92 Å². The summed E-state index contributed by atoms with van der Waals surface area (Å²) in [4.78, 5) is 25.5. The zero-order chi connectivity index (χ0) is 30.6. The summed E-state index contributed by atoms with van der Waals surface area (Å²) in [5.41, 5.74) is 10.6. The molecule has 0 fully saturated rings. The molecule has 0 aliphatic heterocycles. The molecule has 0 aromatic heterocycles.